The van der Waals surface area contributed by atoms with Crippen LogP contribution in [0.5, 0.6) is 5.75 Å². The molecule has 2 rings (SSSR count). The Morgan fingerprint density at radius 1 is 1.11 bits per heavy atom. The number of aryl methyl sites for hydroxylation is 2. The van der Waals surface area contributed by atoms with Gasteiger partial charge in [-0.2, -0.15) is 0 Å². The van der Waals surface area contributed by atoms with Crippen molar-refractivity contribution < 1.29 is 5.11 Å². The molecule has 0 amide bonds. The topological polar surface area (TPSA) is 36.4 Å². The lowest BCUT2D eigenvalue weighted by molar-refractivity contribution is 0.472. The van der Waals surface area contributed by atoms with E-state index >= 15 is 0 Å². The number of aromatic hydroxyl groups is 1. The molecule has 0 atom stereocenters. The standard InChI is InChI=1S/C15H18N2O/c1-11-6-12(2)8-14(7-11)17(3)10-13-4-5-15(18)9-16-13/h4-9,18H,10H2,1-3H3. The largest absolute Gasteiger partial charge is 0.506 e. The molecule has 0 aliphatic carbocycles. The first-order valence-corrected chi connectivity index (χ1v) is 5.98. The number of hydrogen-bond donors (Lipinski definition) is 1. The smallest absolute Gasteiger partial charge is 0.133 e. The number of hydrogen-bond acceptors (Lipinski definition) is 3. The molecule has 0 radical (unpaired) electrons. The van der Waals surface area contributed by atoms with Gasteiger partial charge in [-0.05, 0) is 49.2 Å². The van der Waals surface area contributed by atoms with Gasteiger partial charge in [0, 0.05) is 12.7 Å². The van der Waals surface area contributed by atoms with Gasteiger partial charge in [0.05, 0.1) is 18.4 Å². The van der Waals surface area contributed by atoms with Gasteiger partial charge in [-0.1, -0.05) is 6.07 Å². The normalized spacial score (nSPS) is 10.4. The summed E-state index contributed by atoms with van der Waals surface area (Å²) in [7, 11) is 2.04. The zero-order valence-electron chi connectivity index (χ0n) is 11.0. The minimum absolute atomic E-state index is 0.202. The molecule has 0 aliphatic heterocycles. The number of pyridine rings is 1. The molecule has 0 saturated carbocycles. The molecular formula is C15H18N2O. The van der Waals surface area contributed by atoms with Gasteiger partial charge in [0.15, 0.2) is 0 Å². The lowest BCUT2D eigenvalue weighted by Crippen LogP contribution is -2.17. The van der Waals surface area contributed by atoms with E-state index in [-0.39, 0.29) is 5.75 Å². The molecule has 1 aromatic heterocycles. The summed E-state index contributed by atoms with van der Waals surface area (Å²) in [4.78, 5) is 6.35. The maximum atomic E-state index is 9.20. The summed E-state index contributed by atoms with van der Waals surface area (Å²) in [5.74, 6) is 0.202. The summed E-state index contributed by atoms with van der Waals surface area (Å²) in [6.07, 6.45) is 1.48. The summed E-state index contributed by atoms with van der Waals surface area (Å²) >= 11 is 0. The minimum Gasteiger partial charge on any atom is -0.506 e. The summed E-state index contributed by atoms with van der Waals surface area (Å²) in [6.45, 7) is 4.93. The molecule has 2 aromatic rings. The highest BCUT2D eigenvalue weighted by Gasteiger charge is 2.04. The number of aromatic nitrogens is 1. The third kappa shape index (κ3) is 3.00. The average Bonchev–Trinajstić information content (AvgIpc) is 2.31. The van der Waals surface area contributed by atoms with E-state index in [2.05, 4.69) is 41.9 Å². The van der Waals surface area contributed by atoms with Gasteiger partial charge < -0.3 is 10.0 Å². The van der Waals surface area contributed by atoms with Crippen LogP contribution in [-0.2, 0) is 6.54 Å². The lowest BCUT2D eigenvalue weighted by Gasteiger charge is -2.20. The molecule has 3 heteroatoms. The highest BCUT2D eigenvalue weighted by molar-refractivity contribution is 5.50. The highest BCUT2D eigenvalue weighted by Crippen LogP contribution is 2.19. The lowest BCUT2D eigenvalue weighted by atomic mass is 10.1. The van der Waals surface area contributed by atoms with Crippen LogP contribution in [-0.4, -0.2) is 17.1 Å². The predicted octanol–water partition coefficient (Wildman–Crippen LogP) is 3.04. The average molecular weight is 242 g/mol. The fourth-order valence-electron chi connectivity index (χ4n) is 2.02. The minimum atomic E-state index is 0.202. The van der Waals surface area contributed by atoms with Crippen molar-refractivity contribution in [2.75, 3.05) is 11.9 Å². The van der Waals surface area contributed by atoms with Crippen LogP contribution in [0.4, 0.5) is 5.69 Å². The van der Waals surface area contributed by atoms with Crippen molar-refractivity contribution in [2.24, 2.45) is 0 Å². The van der Waals surface area contributed by atoms with Crippen molar-refractivity contribution >= 4 is 5.69 Å². The first kappa shape index (κ1) is 12.4. The Labute approximate surface area is 108 Å². The van der Waals surface area contributed by atoms with Crippen molar-refractivity contribution in [3.05, 3.63) is 53.3 Å². The van der Waals surface area contributed by atoms with Gasteiger partial charge in [0.25, 0.3) is 0 Å². The zero-order valence-corrected chi connectivity index (χ0v) is 11.0. The molecule has 0 aliphatic rings. The van der Waals surface area contributed by atoms with E-state index in [1.165, 1.54) is 23.0 Å². The molecule has 0 bridgehead atoms. The first-order chi connectivity index (χ1) is 8.54. The van der Waals surface area contributed by atoms with Crippen molar-refractivity contribution in [2.45, 2.75) is 20.4 Å². The van der Waals surface area contributed by atoms with E-state index in [4.69, 9.17) is 0 Å². The Hall–Kier alpha value is -2.03. The molecular weight excluding hydrogens is 224 g/mol. The number of rotatable bonds is 3. The van der Waals surface area contributed by atoms with Crippen molar-refractivity contribution in [3.63, 3.8) is 0 Å². The van der Waals surface area contributed by atoms with Crippen LogP contribution in [0.3, 0.4) is 0 Å². The Morgan fingerprint density at radius 3 is 2.33 bits per heavy atom. The summed E-state index contributed by atoms with van der Waals surface area (Å²) in [5, 5.41) is 9.20. The molecule has 0 spiro atoms. The fourth-order valence-corrected chi connectivity index (χ4v) is 2.02. The molecule has 1 heterocycles. The summed E-state index contributed by atoms with van der Waals surface area (Å²) in [5.41, 5.74) is 4.64. The van der Waals surface area contributed by atoms with E-state index in [0.29, 0.717) is 0 Å². The Kier molecular flexibility index (Phi) is 3.51. The highest BCUT2D eigenvalue weighted by atomic mass is 16.3. The van der Waals surface area contributed by atoms with Gasteiger partial charge in [-0.25, -0.2) is 0 Å². The van der Waals surface area contributed by atoms with Crippen LogP contribution in [0.2, 0.25) is 0 Å². The van der Waals surface area contributed by atoms with Crippen LogP contribution in [0.15, 0.2) is 36.5 Å². The maximum absolute atomic E-state index is 9.20. The van der Waals surface area contributed by atoms with Crippen molar-refractivity contribution in [1.82, 2.24) is 4.98 Å². The van der Waals surface area contributed by atoms with Gasteiger partial charge >= 0.3 is 0 Å². The van der Waals surface area contributed by atoms with Crippen molar-refractivity contribution in [3.8, 4) is 5.75 Å². The van der Waals surface area contributed by atoms with E-state index in [0.717, 1.165) is 12.2 Å². The summed E-state index contributed by atoms with van der Waals surface area (Å²) in [6, 6.07) is 9.99. The molecule has 3 nitrogen and oxygen atoms in total. The third-order valence-corrected chi connectivity index (χ3v) is 2.86. The summed E-state index contributed by atoms with van der Waals surface area (Å²) < 4.78 is 0. The maximum Gasteiger partial charge on any atom is 0.133 e. The SMILES string of the molecule is Cc1cc(C)cc(N(C)Cc2ccc(O)cn2)c1. The van der Waals surface area contributed by atoms with Gasteiger partial charge in [-0.15, -0.1) is 0 Å². The molecule has 0 saturated heterocycles. The van der Waals surface area contributed by atoms with Crippen LogP contribution in [0, 0.1) is 13.8 Å². The van der Waals surface area contributed by atoms with E-state index in [1.807, 2.05) is 13.1 Å². The van der Waals surface area contributed by atoms with E-state index < -0.39 is 0 Å². The molecule has 1 N–H and O–H groups in total. The third-order valence-electron chi connectivity index (χ3n) is 2.86. The number of benzene rings is 1. The number of nitrogens with zero attached hydrogens (tertiary/aromatic N) is 2. The molecule has 0 fully saturated rings. The molecule has 0 unspecified atom stereocenters. The molecule has 1 aromatic carbocycles. The van der Waals surface area contributed by atoms with Crippen LogP contribution in [0.1, 0.15) is 16.8 Å². The van der Waals surface area contributed by atoms with Gasteiger partial charge in [0.2, 0.25) is 0 Å². The van der Waals surface area contributed by atoms with Crippen LogP contribution >= 0.6 is 0 Å². The monoisotopic (exact) mass is 242 g/mol. The Balaban J connectivity index is 2.16. The van der Waals surface area contributed by atoms with Crippen molar-refractivity contribution in [1.29, 1.82) is 0 Å². The zero-order chi connectivity index (χ0) is 13.1. The van der Waals surface area contributed by atoms with Crippen LogP contribution < -0.4 is 4.90 Å². The molecule has 94 valence electrons. The first-order valence-electron chi connectivity index (χ1n) is 5.98. The number of anilines is 1. The Bertz CT molecular complexity index is 514. The second-order valence-electron chi connectivity index (χ2n) is 4.71. The van der Waals surface area contributed by atoms with Gasteiger partial charge in [-0.3, -0.25) is 4.98 Å². The molecule has 18 heavy (non-hydrogen) atoms. The second-order valence-corrected chi connectivity index (χ2v) is 4.71. The second kappa shape index (κ2) is 5.08. The van der Waals surface area contributed by atoms with Crippen LogP contribution in [0.25, 0.3) is 0 Å². The fraction of sp³-hybridized carbons (Fsp3) is 0.267. The quantitative estimate of drug-likeness (QED) is 0.898. The predicted molar refractivity (Wildman–Crippen MR) is 73.9 cm³/mol. The van der Waals surface area contributed by atoms with E-state index in [1.54, 1.807) is 6.07 Å². The van der Waals surface area contributed by atoms with E-state index in [9.17, 15) is 5.11 Å². The Morgan fingerprint density at radius 2 is 1.78 bits per heavy atom. The van der Waals surface area contributed by atoms with Gasteiger partial charge in [0.1, 0.15) is 5.75 Å².